The summed E-state index contributed by atoms with van der Waals surface area (Å²) in [7, 11) is 1.61. The number of rotatable bonds is 6. The van der Waals surface area contributed by atoms with Crippen LogP contribution in [0.2, 0.25) is 0 Å². The number of hydrogen-bond acceptors (Lipinski definition) is 5. The van der Waals surface area contributed by atoms with Crippen LogP contribution in [0.1, 0.15) is 35.2 Å². The summed E-state index contributed by atoms with van der Waals surface area (Å²) < 4.78 is 5.12. The van der Waals surface area contributed by atoms with E-state index >= 15 is 0 Å². The summed E-state index contributed by atoms with van der Waals surface area (Å²) in [4.78, 5) is 24.7. The number of nitrogens with one attached hydrogen (secondary N) is 3. The highest BCUT2D eigenvalue weighted by atomic mass is 16.5. The minimum atomic E-state index is -0.661. The summed E-state index contributed by atoms with van der Waals surface area (Å²) in [6.45, 7) is 0.425. The van der Waals surface area contributed by atoms with Gasteiger partial charge in [-0.1, -0.05) is 12.1 Å². The summed E-state index contributed by atoms with van der Waals surface area (Å²) >= 11 is 0. The van der Waals surface area contributed by atoms with Gasteiger partial charge >= 0.3 is 0 Å². The number of amides is 2. The highest BCUT2D eigenvalue weighted by molar-refractivity contribution is 5.93. The second-order valence-electron chi connectivity index (χ2n) is 6.71. The Morgan fingerprint density at radius 3 is 2.74 bits per heavy atom. The average Bonchev–Trinajstić information content (AvgIpc) is 3.23. The molecule has 4 N–H and O–H groups in total. The number of aromatic amines is 1. The van der Waals surface area contributed by atoms with Crippen molar-refractivity contribution in [1.82, 2.24) is 20.8 Å². The van der Waals surface area contributed by atoms with E-state index < -0.39 is 12.1 Å². The van der Waals surface area contributed by atoms with E-state index in [0.29, 0.717) is 31.4 Å². The third-order valence-electron chi connectivity index (χ3n) is 4.89. The van der Waals surface area contributed by atoms with Gasteiger partial charge in [0.25, 0.3) is 5.91 Å². The molecule has 1 aromatic carbocycles. The number of benzene rings is 1. The SMILES string of the molecule is COc1ccc(CNC(=O)[C@H]2CC[C@@H](O)[C@H](NC(=O)c3cn[nH]c3)C2)cc1. The molecular weight excluding hydrogens is 348 g/mol. The summed E-state index contributed by atoms with van der Waals surface area (Å²) in [5.74, 6) is 0.135. The predicted molar refractivity (Wildman–Crippen MR) is 98.0 cm³/mol. The molecule has 8 nitrogen and oxygen atoms in total. The monoisotopic (exact) mass is 372 g/mol. The largest absolute Gasteiger partial charge is 0.497 e. The van der Waals surface area contributed by atoms with Crippen LogP contribution in [0.25, 0.3) is 0 Å². The molecule has 1 aliphatic carbocycles. The first kappa shape index (κ1) is 18.9. The maximum absolute atomic E-state index is 12.5. The van der Waals surface area contributed by atoms with Gasteiger partial charge in [0.15, 0.2) is 0 Å². The fourth-order valence-electron chi connectivity index (χ4n) is 3.25. The second kappa shape index (κ2) is 8.68. The molecular formula is C19H24N4O4. The number of aliphatic hydroxyl groups is 1. The lowest BCUT2D eigenvalue weighted by Gasteiger charge is -2.33. The number of methoxy groups -OCH3 is 1. The van der Waals surface area contributed by atoms with Gasteiger partial charge in [0, 0.05) is 18.7 Å². The lowest BCUT2D eigenvalue weighted by molar-refractivity contribution is -0.127. The van der Waals surface area contributed by atoms with Crippen LogP contribution >= 0.6 is 0 Å². The first-order valence-electron chi connectivity index (χ1n) is 8.95. The molecule has 2 amide bonds. The first-order valence-corrected chi connectivity index (χ1v) is 8.95. The number of aromatic nitrogens is 2. The van der Waals surface area contributed by atoms with Crippen molar-refractivity contribution in [3.05, 3.63) is 47.8 Å². The Morgan fingerprint density at radius 2 is 2.07 bits per heavy atom. The molecule has 1 saturated carbocycles. The molecule has 1 aromatic heterocycles. The maximum atomic E-state index is 12.5. The van der Waals surface area contributed by atoms with Gasteiger partial charge in [0.05, 0.1) is 31.0 Å². The lowest BCUT2D eigenvalue weighted by atomic mass is 9.83. The Hall–Kier alpha value is -2.87. The van der Waals surface area contributed by atoms with Gasteiger partial charge in [0.1, 0.15) is 5.75 Å². The number of hydrogen-bond donors (Lipinski definition) is 4. The molecule has 3 rings (SSSR count). The molecule has 3 atom stereocenters. The fourth-order valence-corrected chi connectivity index (χ4v) is 3.25. The van der Waals surface area contributed by atoms with Gasteiger partial charge in [0.2, 0.25) is 5.91 Å². The topological polar surface area (TPSA) is 116 Å². The molecule has 0 spiro atoms. The molecule has 0 saturated heterocycles. The summed E-state index contributed by atoms with van der Waals surface area (Å²) in [5, 5.41) is 22.2. The predicted octanol–water partition coefficient (Wildman–Crippen LogP) is 0.994. The van der Waals surface area contributed by atoms with E-state index in [-0.39, 0.29) is 17.7 Å². The average molecular weight is 372 g/mol. The summed E-state index contributed by atoms with van der Waals surface area (Å²) in [6, 6.07) is 7.03. The Labute approximate surface area is 157 Å². The van der Waals surface area contributed by atoms with Gasteiger partial charge in [-0.15, -0.1) is 0 Å². The van der Waals surface area contributed by atoms with Crippen molar-refractivity contribution < 1.29 is 19.4 Å². The lowest BCUT2D eigenvalue weighted by Crippen LogP contribution is -2.49. The van der Waals surface area contributed by atoms with Crippen molar-refractivity contribution in [2.75, 3.05) is 7.11 Å². The van der Waals surface area contributed by atoms with E-state index in [1.807, 2.05) is 24.3 Å². The minimum absolute atomic E-state index is 0.0692. The number of aliphatic hydroxyl groups excluding tert-OH is 1. The first-order chi connectivity index (χ1) is 13.1. The summed E-state index contributed by atoms with van der Waals surface area (Å²) in [5.41, 5.74) is 1.37. The molecule has 0 radical (unpaired) electrons. The molecule has 2 aromatic rings. The molecule has 0 unspecified atom stereocenters. The Morgan fingerprint density at radius 1 is 1.30 bits per heavy atom. The molecule has 1 aliphatic rings. The number of carbonyl (C=O) groups excluding carboxylic acids is 2. The van der Waals surface area contributed by atoms with Crippen LogP contribution in [0, 0.1) is 5.92 Å². The Kier molecular flexibility index (Phi) is 6.08. The van der Waals surface area contributed by atoms with Crippen molar-refractivity contribution in [2.24, 2.45) is 5.92 Å². The fraction of sp³-hybridized carbons (Fsp3) is 0.421. The molecule has 0 bridgehead atoms. The van der Waals surface area contributed by atoms with Gasteiger partial charge < -0.3 is 20.5 Å². The molecule has 1 heterocycles. The minimum Gasteiger partial charge on any atom is -0.497 e. The van der Waals surface area contributed by atoms with E-state index in [1.165, 1.54) is 12.4 Å². The number of carbonyl (C=O) groups is 2. The standard InChI is InChI=1S/C19H24N4O4/c1-27-15-5-2-12(3-6-15)9-20-18(25)13-4-7-17(24)16(8-13)23-19(26)14-10-21-22-11-14/h2-3,5-6,10-11,13,16-17,24H,4,7-9H2,1H3,(H,20,25)(H,21,22)(H,23,26)/t13-,16+,17+/m0/s1. The van der Waals surface area contributed by atoms with Crippen molar-refractivity contribution >= 4 is 11.8 Å². The van der Waals surface area contributed by atoms with Crippen LogP contribution in [-0.4, -0.2) is 46.4 Å². The molecule has 27 heavy (non-hydrogen) atoms. The van der Waals surface area contributed by atoms with Gasteiger partial charge in [-0.25, -0.2) is 0 Å². The van der Waals surface area contributed by atoms with Crippen molar-refractivity contribution in [3.8, 4) is 5.75 Å². The second-order valence-corrected chi connectivity index (χ2v) is 6.71. The summed E-state index contributed by atoms with van der Waals surface area (Å²) in [6.07, 6.45) is 3.71. The zero-order valence-electron chi connectivity index (χ0n) is 15.1. The van der Waals surface area contributed by atoms with Crippen LogP contribution in [0.4, 0.5) is 0 Å². The van der Waals surface area contributed by atoms with Crippen LogP contribution < -0.4 is 15.4 Å². The van der Waals surface area contributed by atoms with Gasteiger partial charge in [-0.3, -0.25) is 14.7 Å². The number of H-pyrrole nitrogens is 1. The van der Waals surface area contributed by atoms with Crippen LogP contribution in [0.3, 0.4) is 0 Å². The molecule has 8 heteroatoms. The van der Waals surface area contributed by atoms with Crippen molar-refractivity contribution in [3.63, 3.8) is 0 Å². The van der Waals surface area contributed by atoms with Gasteiger partial charge in [-0.2, -0.15) is 5.10 Å². The number of ether oxygens (including phenoxy) is 1. The number of nitrogens with zero attached hydrogens (tertiary/aromatic N) is 1. The van der Waals surface area contributed by atoms with Crippen molar-refractivity contribution in [2.45, 2.75) is 38.0 Å². The molecule has 0 aliphatic heterocycles. The van der Waals surface area contributed by atoms with E-state index in [1.54, 1.807) is 7.11 Å². The normalized spacial score (nSPS) is 22.1. The Bertz CT molecular complexity index is 761. The van der Waals surface area contributed by atoms with E-state index in [4.69, 9.17) is 4.74 Å². The maximum Gasteiger partial charge on any atom is 0.254 e. The quantitative estimate of drug-likeness (QED) is 0.603. The third kappa shape index (κ3) is 4.85. The van der Waals surface area contributed by atoms with Crippen LogP contribution in [-0.2, 0) is 11.3 Å². The van der Waals surface area contributed by atoms with Crippen LogP contribution in [0.5, 0.6) is 5.75 Å². The highest BCUT2D eigenvalue weighted by Gasteiger charge is 2.34. The zero-order valence-corrected chi connectivity index (χ0v) is 15.1. The van der Waals surface area contributed by atoms with E-state index in [9.17, 15) is 14.7 Å². The van der Waals surface area contributed by atoms with Crippen LogP contribution in [0.15, 0.2) is 36.7 Å². The van der Waals surface area contributed by atoms with Gasteiger partial charge in [-0.05, 0) is 37.0 Å². The van der Waals surface area contributed by atoms with E-state index in [0.717, 1.165) is 11.3 Å². The highest BCUT2D eigenvalue weighted by Crippen LogP contribution is 2.25. The Balaban J connectivity index is 1.52. The molecule has 144 valence electrons. The zero-order chi connectivity index (χ0) is 19.2. The third-order valence-corrected chi connectivity index (χ3v) is 4.89. The van der Waals surface area contributed by atoms with E-state index in [2.05, 4.69) is 20.8 Å². The van der Waals surface area contributed by atoms with Crippen molar-refractivity contribution in [1.29, 1.82) is 0 Å². The molecule has 1 fully saturated rings. The smallest absolute Gasteiger partial charge is 0.254 e.